The summed E-state index contributed by atoms with van der Waals surface area (Å²) in [5.41, 5.74) is 2.42. The van der Waals surface area contributed by atoms with Crippen molar-refractivity contribution in [3.8, 4) is 0 Å². The minimum atomic E-state index is -2.42. The van der Waals surface area contributed by atoms with E-state index in [1.807, 2.05) is 6.92 Å². The molecule has 0 aromatic carbocycles. The number of rotatable bonds is 7. The molecule has 0 aliphatic heterocycles. The van der Waals surface area contributed by atoms with Gasteiger partial charge >= 0.3 is 0 Å². The normalized spacial score (nSPS) is 11.2. The zero-order valence-corrected chi connectivity index (χ0v) is 11.1. The van der Waals surface area contributed by atoms with Crippen LogP contribution in [-0.2, 0) is 19.6 Å². The van der Waals surface area contributed by atoms with Gasteiger partial charge in [-0.05, 0) is 6.92 Å². The zero-order valence-electron chi connectivity index (χ0n) is 11.1. The van der Waals surface area contributed by atoms with Crippen LogP contribution >= 0.6 is 0 Å². The molecule has 2 heterocycles. The first-order valence-corrected chi connectivity index (χ1v) is 6.22. The number of nitrogens with one attached hydrogen (secondary N) is 1. The third kappa shape index (κ3) is 3.52. The summed E-state index contributed by atoms with van der Waals surface area (Å²) in [5.74, 6) is 0. The lowest BCUT2D eigenvalue weighted by Crippen LogP contribution is -2.07. The van der Waals surface area contributed by atoms with Crippen molar-refractivity contribution in [3.05, 3.63) is 29.8 Å². The lowest BCUT2D eigenvalue weighted by Gasteiger charge is -2.05. The fourth-order valence-electron chi connectivity index (χ4n) is 1.86. The number of hydrogen-bond acceptors (Lipinski definition) is 3. The molecule has 0 saturated carbocycles. The largest absolute Gasteiger partial charge is 0.378 e. The summed E-state index contributed by atoms with van der Waals surface area (Å²) in [6, 6.07) is 0. The highest BCUT2D eigenvalue weighted by molar-refractivity contribution is 5.46. The molecular formula is C12H16F3N5. The average molecular weight is 287 g/mol. The summed E-state index contributed by atoms with van der Waals surface area (Å²) in [5, 5.41) is 11.0. The van der Waals surface area contributed by atoms with Crippen molar-refractivity contribution in [2.24, 2.45) is 0 Å². The summed E-state index contributed by atoms with van der Waals surface area (Å²) in [4.78, 5) is 0. The number of hydrogen-bond donors (Lipinski definition) is 1. The van der Waals surface area contributed by atoms with Crippen LogP contribution in [0.1, 0.15) is 11.3 Å². The second-order valence-electron chi connectivity index (χ2n) is 4.37. The Morgan fingerprint density at radius 1 is 1.30 bits per heavy atom. The molecule has 1 N–H and O–H groups in total. The van der Waals surface area contributed by atoms with Gasteiger partial charge in [0.05, 0.1) is 30.3 Å². The number of aryl methyl sites for hydroxylation is 1. The summed E-state index contributed by atoms with van der Waals surface area (Å²) >= 11 is 0. The Morgan fingerprint density at radius 2 is 2.10 bits per heavy atom. The van der Waals surface area contributed by atoms with Crippen LogP contribution in [0.15, 0.2) is 18.6 Å². The van der Waals surface area contributed by atoms with Gasteiger partial charge in [0, 0.05) is 18.3 Å². The summed E-state index contributed by atoms with van der Waals surface area (Å²) < 4.78 is 39.4. The maximum absolute atomic E-state index is 12.3. The van der Waals surface area contributed by atoms with E-state index in [4.69, 9.17) is 0 Å². The predicted molar refractivity (Wildman–Crippen MR) is 68.5 cm³/mol. The maximum Gasteiger partial charge on any atom is 0.257 e. The van der Waals surface area contributed by atoms with Gasteiger partial charge in [-0.2, -0.15) is 10.2 Å². The second kappa shape index (κ2) is 6.44. The Kier molecular flexibility index (Phi) is 4.65. The van der Waals surface area contributed by atoms with Gasteiger partial charge in [0.1, 0.15) is 13.2 Å². The fourth-order valence-corrected chi connectivity index (χ4v) is 1.86. The molecule has 2 aromatic heterocycles. The quantitative estimate of drug-likeness (QED) is 0.849. The number of aromatic nitrogens is 4. The Bertz CT molecular complexity index is 549. The van der Waals surface area contributed by atoms with E-state index < -0.39 is 19.6 Å². The highest BCUT2D eigenvalue weighted by Gasteiger charge is 2.08. The van der Waals surface area contributed by atoms with Crippen LogP contribution in [0.5, 0.6) is 0 Å². The molecule has 0 fully saturated rings. The molecule has 0 bridgehead atoms. The van der Waals surface area contributed by atoms with Crippen LogP contribution in [0.3, 0.4) is 0 Å². The molecule has 0 saturated heterocycles. The summed E-state index contributed by atoms with van der Waals surface area (Å²) in [6.45, 7) is 1.63. The van der Waals surface area contributed by atoms with E-state index in [0.29, 0.717) is 6.54 Å². The van der Waals surface area contributed by atoms with Crippen LogP contribution in [0.25, 0.3) is 0 Å². The van der Waals surface area contributed by atoms with Crippen LogP contribution in [0.2, 0.25) is 0 Å². The van der Waals surface area contributed by atoms with Gasteiger partial charge in [-0.25, -0.2) is 13.2 Å². The van der Waals surface area contributed by atoms with Gasteiger partial charge in [-0.15, -0.1) is 0 Å². The maximum atomic E-state index is 12.3. The highest BCUT2D eigenvalue weighted by Crippen LogP contribution is 2.14. The first kappa shape index (κ1) is 14.4. The Balaban J connectivity index is 1.93. The van der Waals surface area contributed by atoms with Gasteiger partial charge in [-0.3, -0.25) is 9.36 Å². The van der Waals surface area contributed by atoms with Crippen LogP contribution in [0, 0.1) is 6.92 Å². The van der Waals surface area contributed by atoms with Gasteiger partial charge in [-0.1, -0.05) is 0 Å². The Hall–Kier alpha value is -1.99. The van der Waals surface area contributed by atoms with Gasteiger partial charge in [0.2, 0.25) is 0 Å². The van der Waals surface area contributed by atoms with E-state index in [0.717, 1.165) is 16.9 Å². The van der Waals surface area contributed by atoms with Crippen LogP contribution < -0.4 is 5.32 Å². The Labute approximate surface area is 114 Å². The molecular weight excluding hydrogens is 271 g/mol. The Morgan fingerprint density at radius 3 is 2.80 bits per heavy atom. The average Bonchev–Trinajstić information content (AvgIpc) is 2.96. The monoisotopic (exact) mass is 287 g/mol. The summed E-state index contributed by atoms with van der Waals surface area (Å²) in [6.07, 6.45) is 2.31. The molecule has 0 radical (unpaired) electrons. The molecule has 5 nitrogen and oxygen atoms in total. The van der Waals surface area contributed by atoms with Crippen molar-refractivity contribution in [3.63, 3.8) is 0 Å². The number of nitrogens with zero attached hydrogens (tertiary/aromatic N) is 4. The molecule has 2 rings (SSSR count). The topological polar surface area (TPSA) is 47.7 Å². The number of alkyl halides is 3. The van der Waals surface area contributed by atoms with E-state index in [2.05, 4.69) is 15.5 Å². The van der Waals surface area contributed by atoms with E-state index in [-0.39, 0.29) is 6.54 Å². The van der Waals surface area contributed by atoms with E-state index in [1.165, 1.54) is 10.9 Å². The van der Waals surface area contributed by atoms with Crippen molar-refractivity contribution in [1.29, 1.82) is 0 Å². The first-order valence-electron chi connectivity index (χ1n) is 6.22. The van der Waals surface area contributed by atoms with Crippen molar-refractivity contribution in [1.82, 2.24) is 19.6 Å². The molecule has 0 atom stereocenters. The summed E-state index contributed by atoms with van der Waals surface area (Å²) in [7, 11) is 0. The van der Waals surface area contributed by atoms with Crippen molar-refractivity contribution in [2.75, 3.05) is 12.0 Å². The molecule has 0 aliphatic rings. The van der Waals surface area contributed by atoms with E-state index in [9.17, 15) is 13.2 Å². The lowest BCUT2D eigenvalue weighted by atomic mass is 10.3. The SMILES string of the molecule is Cc1c(NCc2cnn(CC(F)F)c2)cnn1CCF. The first-order chi connectivity index (χ1) is 9.60. The molecule has 110 valence electrons. The lowest BCUT2D eigenvalue weighted by molar-refractivity contribution is 0.122. The minimum Gasteiger partial charge on any atom is -0.378 e. The molecule has 0 spiro atoms. The number of anilines is 1. The van der Waals surface area contributed by atoms with Crippen molar-refractivity contribution < 1.29 is 13.2 Å². The zero-order chi connectivity index (χ0) is 14.5. The fraction of sp³-hybridized carbons (Fsp3) is 0.500. The van der Waals surface area contributed by atoms with Gasteiger partial charge in [0.25, 0.3) is 6.43 Å². The number of halogens is 3. The van der Waals surface area contributed by atoms with E-state index >= 15 is 0 Å². The standard InChI is InChI=1S/C12H16F3N5/c1-9-11(6-18-20(9)3-2-13)16-4-10-5-17-19(7-10)8-12(14)15/h5-7,12,16H,2-4,8H2,1H3. The van der Waals surface area contributed by atoms with Crippen LogP contribution in [-0.4, -0.2) is 32.7 Å². The molecule has 0 unspecified atom stereocenters. The van der Waals surface area contributed by atoms with Crippen molar-refractivity contribution in [2.45, 2.75) is 33.0 Å². The third-order valence-electron chi connectivity index (χ3n) is 2.89. The molecule has 0 amide bonds. The van der Waals surface area contributed by atoms with Crippen LogP contribution in [0.4, 0.5) is 18.9 Å². The smallest absolute Gasteiger partial charge is 0.257 e. The second-order valence-corrected chi connectivity index (χ2v) is 4.37. The van der Waals surface area contributed by atoms with Gasteiger partial charge < -0.3 is 5.32 Å². The molecule has 2 aromatic rings. The van der Waals surface area contributed by atoms with Crippen molar-refractivity contribution >= 4 is 5.69 Å². The predicted octanol–water partition coefficient (Wildman–Crippen LogP) is 2.23. The van der Waals surface area contributed by atoms with E-state index in [1.54, 1.807) is 17.1 Å². The van der Waals surface area contributed by atoms with Gasteiger partial charge in [0.15, 0.2) is 0 Å². The third-order valence-corrected chi connectivity index (χ3v) is 2.89. The molecule has 0 aliphatic carbocycles. The molecule has 8 heteroatoms. The minimum absolute atomic E-state index is 0.222. The molecule has 20 heavy (non-hydrogen) atoms. The highest BCUT2D eigenvalue weighted by atomic mass is 19.3.